The van der Waals surface area contributed by atoms with E-state index >= 15 is 0 Å². The van der Waals surface area contributed by atoms with E-state index in [-0.39, 0.29) is 17.1 Å². The van der Waals surface area contributed by atoms with Gasteiger partial charge in [0.25, 0.3) is 0 Å². The first kappa shape index (κ1) is 19.4. The highest BCUT2D eigenvalue weighted by Gasteiger charge is 2.45. The molecule has 2 aliphatic heterocycles. The first-order valence-electron chi connectivity index (χ1n) is 9.29. The molecule has 0 radical (unpaired) electrons. The van der Waals surface area contributed by atoms with Crippen molar-refractivity contribution in [3.05, 3.63) is 58.1 Å². The fourth-order valence-corrected chi connectivity index (χ4v) is 5.67. The molecular formula is C21H22ClNO4S. The lowest BCUT2D eigenvalue weighted by Gasteiger charge is -2.44. The normalized spacial score (nSPS) is 19.3. The minimum atomic E-state index is -3.59. The van der Waals surface area contributed by atoms with Crippen LogP contribution >= 0.6 is 11.6 Å². The SMILES string of the molecule is Cc1cc(C)c2c(c1)C(=O)CC1(CCN(S(=O)(=O)c3ccc(Cl)cc3)CC1)O2. The van der Waals surface area contributed by atoms with E-state index in [0.29, 0.717) is 42.3 Å². The number of ketones is 1. The summed E-state index contributed by atoms with van der Waals surface area (Å²) in [6, 6.07) is 10.1. The van der Waals surface area contributed by atoms with Crippen molar-refractivity contribution < 1.29 is 17.9 Å². The van der Waals surface area contributed by atoms with Gasteiger partial charge in [0, 0.05) is 31.0 Å². The molecule has 0 saturated carbocycles. The van der Waals surface area contributed by atoms with E-state index in [4.69, 9.17) is 16.3 Å². The van der Waals surface area contributed by atoms with Crippen molar-refractivity contribution >= 4 is 27.4 Å². The van der Waals surface area contributed by atoms with Crippen molar-refractivity contribution in [1.29, 1.82) is 0 Å². The largest absolute Gasteiger partial charge is 0.486 e. The van der Waals surface area contributed by atoms with E-state index in [1.54, 1.807) is 12.1 Å². The number of fused-ring (bicyclic) bond motifs is 1. The second kappa shape index (κ2) is 6.87. The number of nitrogens with zero attached hydrogens (tertiary/aromatic N) is 1. The van der Waals surface area contributed by atoms with Crippen LogP contribution in [0.25, 0.3) is 0 Å². The van der Waals surface area contributed by atoms with Gasteiger partial charge in [-0.25, -0.2) is 8.42 Å². The molecule has 2 aromatic carbocycles. The zero-order valence-corrected chi connectivity index (χ0v) is 17.4. The van der Waals surface area contributed by atoms with Gasteiger partial charge < -0.3 is 4.74 Å². The van der Waals surface area contributed by atoms with E-state index < -0.39 is 15.6 Å². The first-order valence-corrected chi connectivity index (χ1v) is 11.1. The van der Waals surface area contributed by atoms with Crippen LogP contribution in [0, 0.1) is 13.8 Å². The number of ether oxygens (including phenoxy) is 1. The summed E-state index contributed by atoms with van der Waals surface area (Å²) in [5, 5.41) is 0.495. The van der Waals surface area contributed by atoms with Crippen molar-refractivity contribution in [1.82, 2.24) is 4.31 Å². The van der Waals surface area contributed by atoms with Crippen LogP contribution in [0.1, 0.15) is 40.7 Å². The first-order chi connectivity index (χ1) is 13.2. The van der Waals surface area contributed by atoms with Gasteiger partial charge in [-0.2, -0.15) is 4.31 Å². The number of sulfonamides is 1. The molecule has 1 fully saturated rings. The third-order valence-corrected chi connectivity index (χ3v) is 7.77. The number of hydrogen-bond acceptors (Lipinski definition) is 4. The van der Waals surface area contributed by atoms with Gasteiger partial charge in [0.1, 0.15) is 11.4 Å². The lowest BCUT2D eigenvalue weighted by atomic mass is 9.82. The Morgan fingerprint density at radius 1 is 1.07 bits per heavy atom. The van der Waals surface area contributed by atoms with Gasteiger partial charge in [-0.1, -0.05) is 17.7 Å². The maximum absolute atomic E-state index is 12.9. The zero-order chi connectivity index (χ0) is 20.1. The summed E-state index contributed by atoms with van der Waals surface area (Å²) in [4.78, 5) is 13.0. The minimum Gasteiger partial charge on any atom is -0.486 e. The van der Waals surface area contributed by atoms with Crippen molar-refractivity contribution in [2.24, 2.45) is 0 Å². The van der Waals surface area contributed by atoms with E-state index in [1.807, 2.05) is 26.0 Å². The molecule has 7 heteroatoms. The number of carbonyl (C=O) groups is 1. The van der Waals surface area contributed by atoms with E-state index in [9.17, 15) is 13.2 Å². The molecular weight excluding hydrogens is 398 g/mol. The lowest BCUT2D eigenvalue weighted by molar-refractivity contribution is 0.00534. The van der Waals surface area contributed by atoms with Crippen molar-refractivity contribution in [2.75, 3.05) is 13.1 Å². The van der Waals surface area contributed by atoms with Gasteiger partial charge >= 0.3 is 0 Å². The van der Waals surface area contributed by atoms with Crippen LogP contribution in [0.3, 0.4) is 0 Å². The Labute approximate surface area is 170 Å². The van der Waals surface area contributed by atoms with Gasteiger partial charge in [0.2, 0.25) is 10.0 Å². The average Bonchev–Trinajstić information content (AvgIpc) is 2.64. The number of Topliss-reactive ketones (excluding diaryl/α,β-unsaturated/α-hetero) is 1. The molecule has 0 aliphatic carbocycles. The molecule has 1 saturated heterocycles. The summed E-state index contributed by atoms with van der Waals surface area (Å²) in [5.74, 6) is 0.720. The summed E-state index contributed by atoms with van der Waals surface area (Å²) in [5.41, 5.74) is 1.99. The van der Waals surface area contributed by atoms with Crippen molar-refractivity contribution in [3.63, 3.8) is 0 Å². The molecule has 2 aromatic rings. The second-order valence-corrected chi connectivity index (χ2v) is 10.1. The maximum atomic E-state index is 12.9. The molecule has 2 aliphatic rings. The monoisotopic (exact) mass is 419 g/mol. The fraction of sp³-hybridized carbons (Fsp3) is 0.381. The Bertz CT molecular complexity index is 1040. The van der Waals surface area contributed by atoms with Crippen LogP contribution in [0.2, 0.25) is 5.02 Å². The van der Waals surface area contributed by atoms with Crippen LogP contribution in [-0.2, 0) is 10.0 Å². The summed E-state index contributed by atoms with van der Waals surface area (Å²) in [6.45, 7) is 4.54. The third kappa shape index (κ3) is 3.34. The van der Waals surface area contributed by atoms with Crippen LogP contribution in [-0.4, -0.2) is 37.2 Å². The summed E-state index contributed by atoms with van der Waals surface area (Å²) < 4.78 is 33.6. The zero-order valence-electron chi connectivity index (χ0n) is 15.9. The Morgan fingerprint density at radius 2 is 1.71 bits per heavy atom. The van der Waals surface area contributed by atoms with Gasteiger partial charge in [0.05, 0.1) is 16.9 Å². The smallest absolute Gasteiger partial charge is 0.243 e. The third-order valence-electron chi connectivity index (χ3n) is 5.61. The molecule has 28 heavy (non-hydrogen) atoms. The number of rotatable bonds is 2. The van der Waals surface area contributed by atoms with Crippen molar-refractivity contribution in [3.8, 4) is 5.75 Å². The minimum absolute atomic E-state index is 0.0714. The predicted octanol–water partition coefficient (Wildman–Crippen LogP) is 4.15. The summed E-state index contributed by atoms with van der Waals surface area (Å²) in [7, 11) is -3.59. The molecule has 5 nitrogen and oxygen atoms in total. The molecule has 0 N–H and O–H groups in total. The Balaban J connectivity index is 1.55. The van der Waals surface area contributed by atoms with Gasteiger partial charge in [-0.05, 0) is 55.3 Å². The summed E-state index contributed by atoms with van der Waals surface area (Å²) >= 11 is 5.87. The second-order valence-electron chi connectivity index (χ2n) is 7.70. The van der Waals surface area contributed by atoms with Crippen LogP contribution in [0.4, 0.5) is 0 Å². The van der Waals surface area contributed by atoms with Crippen LogP contribution < -0.4 is 4.74 Å². The summed E-state index contributed by atoms with van der Waals surface area (Å²) in [6.07, 6.45) is 1.26. The highest BCUT2D eigenvalue weighted by Crippen LogP contribution is 2.42. The Morgan fingerprint density at radius 3 is 2.36 bits per heavy atom. The highest BCUT2D eigenvalue weighted by molar-refractivity contribution is 7.89. The molecule has 0 bridgehead atoms. The number of benzene rings is 2. The number of hydrogen-bond donors (Lipinski definition) is 0. The van der Waals surface area contributed by atoms with Gasteiger partial charge in [-0.15, -0.1) is 0 Å². The number of aryl methyl sites for hydroxylation is 2. The average molecular weight is 420 g/mol. The number of halogens is 1. The highest BCUT2D eigenvalue weighted by atomic mass is 35.5. The maximum Gasteiger partial charge on any atom is 0.243 e. The Hall–Kier alpha value is -1.89. The van der Waals surface area contributed by atoms with E-state index in [1.165, 1.54) is 16.4 Å². The number of piperidine rings is 1. The lowest BCUT2D eigenvalue weighted by Crippen LogP contribution is -2.52. The van der Waals surface area contributed by atoms with Crippen LogP contribution in [0.5, 0.6) is 5.75 Å². The molecule has 1 spiro atoms. The molecule has 2 heterocycles. The molecule has 0 amide bonds. The van der Waals surface area contributed by atoms with Crippen molar-refractivity contribution in [2.45, 2.75) is 43.6 Å². The topological polar surface area (TPSA) is 63.7 Å². The molecule has 0 atom stereocenters. The fourth-order valence-electron chi connectivity index (χ4n) is 4.11. The standard InChI is InChI=1S/C21H22ClNO4S/c1-14-11-15(2)20-18(12-14)19(24)13-21(27-20)7-9-23(10-8-21)28(25,26)17-5-3-16(22)4-6-17/h3-6,11-12H,7-10,13H2,1-2H3. The van der Waals surface area contributed by atoms with E-state index in [2.05, 4.69) is 0 Å². The van der Waals surface area contributed by atoms with Crippen LogP contribution in [0.15, 0.2) is 41.3 Å². The molecule has 0 aromatic heterocycles. The quantitative estimate of drug-likeness (QED) is 0.733. The molecule has 4 rings (SSSR count). The molecule has 148 valence electrons. The molecule has 0 unspecified atom stereocenters. The van der Waals surface area contributed by atoms with Gasteiger partial charge in [0.15, 0.2) is 5.78 Å². The van der Waals surface area contributed by atoms with Gasteiger partial charge in [-0.3, -0.25) is 4.79 Å². The number of carbonyl (C=O) groups excluding carboxylic acids is 1. The Kier molecular flexibility index (Phi) is 4.76. The van der Waals surface area contributed by atoms with E-state index in [0.717, 1.165) is 11.1 Å². The predicted molar refractivity (Wildman–Crippen MR) is 108 cm³/mol.